The molecule has 0 aliphatic rings. The summed E-state index contributed by atoms with van der Waals surface area (Å²) < 4.78 is 107. The van der Waals surface area contributed by atoms with Crippen molar-refractivity contribution in [2.24, 2.45) is 20.5 Å². The molecule has 0 heterocycles. The molecule has 7 aromatic carbocycles. The largest absolute Gasteiger partial charge is 1.00 e. The molecule has 0 saturated carbocycles. The molecule has 0 aliphatic carbocycles. The van der Waals surface area contributed by atoms with E-state index in [1.807, 2.05) is 0 Å². The Labute approximate surface area is 405 Å². The minimum atomic E-state index is -5.05. The zero-order valence-electron chi connectivity index (χ0n) is 34.4. The van der Waals surface area contributed by atoms with Gasteiger partial charge >= 0.3 is 48.4 Å². The second-order valence-corrected chi connectivity index (χ2v) is 17.8. The standard InChI is InChI=1S/C41H32N6O13S3.Li.Na/c1-22-14-33(36(60-2)21-32(22)44-46-34-19-29(61(51,52)53)16-25-17-30(62(54,55)56)20-35(48)38(25)34)45-47-39-37(63(57,58)59)18-24-15-28(12-13-31(24)40(39)49)42-26-8-10-27(11-9-26)43-41(50)23-6-4-3-5-7-23;;/h3-21,42,48-49H,1-2H3,(H,43,50)(H,51,52,53)(H,54,55,56)(H,57,58,59);;/q;2*+1/p-2. The summed E-state index contributed by atoms with van der Waals surface area (Å²) >= 11 is 0. The maximum atomic E-state index is 13.7. The van der Waals surface area contributed by atoms with E-state index < -0.39 is 67.9 Å². The van der Waals surface area contributed by atoms with Gasteiger partial charge in [-0.2, -0.15) is 30.4 Å². The molecule has 0 aromatic heterocycles. The quantitative estimate of drug-likeness (QED) is 0.0666. The maximum Gasteiger partial charge on any atom is 1.00 e. The molecule has 322 valence electrons. The number of azo groups is 2. The number of methoxy groups -OCH3 is 1. The molecular formula is C41H30LiN6NaO13S3. The molecule has 0 bridgehead atoms. The van der Waals surface area contributed by atoms with E-state index in [0.29, 0.717) is 34.3 Å². The number of carbonyl (C=O) groups excluding carboxylic acids is 1. The summed E-state index contributed by atoms with van der Waals surface area (Å²) in [4.78, 5) is 10.1. The first-order valence-corrected chi connectivity index (χ1v) is 22.3. The summed E-state index contributed by atoms with van der Waals surface area (Å²) in [5.74, 6) is -2.17. The Hall–Kier alpha value is -5.74. The number of benzene rings is 7. The predicted octanol–water partition coefficient (Wildman–Crippen LogP) is 2.03. The molecule has 0 unspecified atom stereocenters. The van der Waals surface area contributed by atoms with Crippen LogP contribution in [0.1, 0.15) is 15.9 Å². The van der Waals surface area contributed by atoms with Crippen LogP contribution >= 0.6 is 0 Å². The van der Waals surface area contributed by atoms with Crippen molar-refractivity contribution in [1.29, 1.82) is 0 Å². The van der Waals surface area contributed by atoms with Gasteiger partial charge in [0, 0.05) is 34.1 Å². The number of nitrogens with one attached hydrogen (secondary N) is 2. The summed E-state index contributed by atoms with van der Waals surface area (Å²) in [5, 5.41) is 48.3. The Bertz CT molecular complexity index is 3410. The topological polar surface area (TPSA) is 309 Å². The molecule has 5 N–H and O–H groups in total. The second-order valence-electron chi connectivity index (χ2n) is 13.6. The van der Waals surface area contributed by atoms with E-state index in [9.17, 15) is 53.9 Å². The molecule has 24 heteroatoms. The van der Waals surface area contributed by atoms with Crippen molar-refractivity contribution in [1.82, 2.24) is 0 Å². The van der Waals surface area contributed by atoms with Gasteiger partial charge in [0.15, 0.2) is 0 Å². The fourth-order valence-electron chi connectivity index (χ4n) is 6.30. The SMILES string of the molecule is COc1cc(N=Nc2cc(S(=O)(=O)O)cc3cc(S(=O)(=O)O)cc([O-])c23)c(C)cc1N=Nc1c(S(=O)(=O)O)cc2cc(Nc3ccc(NC(=O)c4ccccc4)cc3)ccc2c1[O-].[Li+].[Na+]. The van der Waals surface area contributed by atoms with Crippen LogP contribution in [-0.4, -0.2) is 51.9 Å². The van der Waals surface area contributed by atoms with Gasteiger partial charge in [-0.25, -0.2) is 0 Å². The van der Waals surface area contributed by atoms with Crippen LogP contribution in [0.3, 0.4) is 0 Å². The number of rotatable bonds is 12. The van der Waals surface area contributed by atoms with Gasteiger partial charge in [0.2, 0.25) is 0 Å². The van der Waals surface area contributed by atoms with Crippen molar-refractivity contribution in [2.75, 3.05) is 17.7 Å². The van der Waals surface area contributed by atoms with E-state index in [-0.39, 0.29) is 93.0 Å². The summed E-state index contributed by atoms with van der Waals surface area (Å²) in [6.07, 6.45) is 0. The number of aryl methyl sites for hydroxylation is 1. The van der Waals surface area contributed by atoms with Crippen molar-refractivity contribution in [3.63, 3.8) is 0 Å². The van der Waals surface area contributed by atoms with E-state index in [1.54, 1.807) is 60.7 Å². The van der Waals surface area contributed by atoms with Gasteiger partial charge in [-0.15, -0.1) is 15.3 Å². The molecule has 0 fully saturated rings. The Morgan fingerprint density at radius 1 is 0.631 bits per heavy atom. The van der Waals surface area contributed by atoms with Crippen LogP contribution in [-0.2, 0) is 30.4 Å². The third-order valence-electron chi connectivity index (χ3n) is 9.33. The third kappa shape index (κ3) is 11.4. The average Bonchev–Trinajstić information content (AvgIpc) is 3.22. The maximum absolute atomic E-state index is 13.7. The fraction of sp³-hybridized carbons (Fsp3) is 0.0488. The van der Waals surface area contributed by atoms with Crippen LogP contribution in [0, 0.1) is 6.92 Å². The fourth-order valence-corrected chi connectivity index (χ4v) is 8.03. The molecule has 0 saturated heterocycles. The molecule has 19 nitrogen and oxygen atoms in total. The number of fused-ring (bicyclic) bond motifs is 2. The van der Waals surface area contributed by atoms with Crippen LogP contribution in [0.4, 0.5) is 39.8 Å². The Kier molecular flexibility index (Phi) is 15.3. The normalized spacial score (nSPS) is 12.0. The molecule has 0 atom stereocenters. The molecule has 65 heavy (non-hydrogen) atoms. The Morgan fingerprint density at radius 3 is 1.83 bits per heavy atom. The van der Waals surface area contributed by atoms with E-state index in [1.165, 1.54) is 38.3 Å². The van der Waals surface area contributed by atoms with Crippen molar-refractivity contribution in [3.05, 3.63) is 126 Å². The van der Waals surface area contributed by atoms with Crippen LogP contribution in [0.2, 0.25) is 0 Å². The zero-order valence-corrected chi connectivity index (χ0v) is 38.9. The third-order valence-corrected chi connectivity index (χ3v) is 11.9. The first-order valence-electron chi connectivity index (χ1n) is 17.9. The Morgan fingerprint density at radius 2 is 1.22 bits per heavy atom. The van der Waals surface area contributed by atoms with Gasteiger partial charge in [-0.05, 0) is 114 Å². The smallest absolute Gasteiger partial charge is 0.872 e. The molecule has 0 aliphatic heterocycles. The van der Waals surface area contributed by atoms with Crippen molar-refractivity contribution in [2.45, 2.75) is 21.6 Å². The van der Waals surface area contributed by atoms with Crippen LogP contribution in [0.5, 0.6) is 17.2 Å². The number of amides is 1. The number of ether oxygens (including phenoxy) is 1. The molecule has 1 amide bonds. The molecule has 0 radical (unpaired) electrons. The van der Waals surface area contributed by atoms with Crippen molar-refractivity contribution in [3.8, 4) is 17.2 Å². The predicted molar refractivity (Wildman–Crippen MR) is 226 cm³/mol. The molecule has 0 spiro atoms. The van der Waals surface area contributed by atoms with E-state index >= 15 is 0 Å². The summed E-state index contributed by atoms with van der Waals surface area (Å²) in [7, 11) is -13.6. The molecule has 7 aromatic rings. The summed E-state index contributed by atoms with van der Waals surface area (Å²) in [6, 6.07) is 26.7. The van der Waals surface area contributed by atoms with Crippen molar-refractivity contribution < 1.29 is 107 Å². The molecule has 7 rings (SSSR count). The number of hydrogen-bond donors (Lipinski definition) is 5. The monoisotopic (exact) mass is 940 g/mol. The molecular weight excluding hydrogens is 911 g/mol. The van der Waals surface area contributed by atoms with Crippen LogP contribution < -0.4 is 74.0 Å². The summed E-state index contributed by atoms with van der Waals surface area (Å²) in [5.41, 5.74) is 1.30. The van der Waals surface area contributed by atoms with Gasteiger partial charge < -0.3 is 25.6 Å². The van der Waals surface area contributed by atoms with Crippen molar-refractivity contribution >= 4 is 97.6 Å². The van der Waals surface area contributed by atoms with Gasteiger partial charge in [0.05, 0.1) is 34.0 Å². The number of hydrogen-bond acceptors (Lipinski definition) is 15. The minimum absolute atomic E-state index is 0. The number of anilines is 3. The average molecular weight is 941 g/mol. The van der Waals surface area contributed by atoms with Gasteiger partial charge in [-0.1, -0.05) is 35.8 Å². The first-order chi connectivity index (χ1) is 29.7. The van der Waals surface area contributed by atoms with Gasteiger partial charge in [0.1, 0.15) is 16.3 Å². The minimum Gasteiger partial charge on any atom is -0.872 e. The van der Waals surface area contributed by atoms with Crippen LogP contribution in [0.15, 0.2) is 150 Å². The van der Waals surface area contributed by atoms with E-state index in [0.717, 1.165) is 24.3 Å². The van der Waals surface area contributed by atoms with E-state index in [4.69, 9.17) is 4.74 Å². The Balaban J connectivity index is 0.00000397. The van der Waals surface area contributed by atoms with Gasteiger partial charge in [0.25, 0.3) is 36.3 Å². The second kappa shape index (κ2) is 19.8. The van der Waals surface area contributed by atoms with Crippen LogP contribution in [0.25, 0.3) is 21.5 Å². The zero-order chi connectivity index (χ0) is 45.4. The number of nitrogens with zero attached hydrogens (tertiary/aromatic N) is 4. The summed E-state index contributed by atoms with van der Waals surface area (Å²) in [6.45, 7) is 1.53. The number of carbonyl (C=O) groups is 1. The van der Waals surface area contributed by atoms with Gasteiger partial charge in [-0.3, -0.25) is 18.5 Å². The van der Waals surface area contributed by atoms with E-state index in [2.05, 4.69) is 31.1 Å². The first kappa shape index (κ1) is 50.3.